The van der Waals surface area contributed by atoms with Crippen molar-refractivity contribution in [2.45, 2.75) is 25.9 Å². The smallest absolute Gasteiger partial charge is 0.129 e. The number of aliphatic hydroxyl groups is 1. The van der Waals surface area contributed by atoms with Gasteiger partial charge in [0, 0.05) is 6.54 Å². The van der Waals surface area contributed by atoms with Crippen LogP contribution in [0.2, 0.25) is 0 Å². The number of hydrogen-bond donors (Lipinski definition) is 2. The van der Waals surface area contributed by atoms with Crippen molar-refractivity contribution in [1.82, 2.24) is 4.98 Å². The normalized spacial score (nSPS) is 17.4. The van der Waals surface area contributed by atoms with Gasteiger partial charge in [0.05, 0.1) is 11.8 Å². The lowest BCUT2D eigenvalue weighted by atomic mass is 10.1. The van der Waals surface area contributed by atoms with Crippen LogP contribution in [0.3, 0.4) is 0 Å². The van der Waals surface area contributed by atoms with Gasteiger partial charge in [0.1, 0.15) is 5.82 Å². The Bertz CT molecular complexity index is 310. The lowest BCUT2D eigenvalue weighted by molar-refractivity contribution is 0.194. The molecule has 0 fully saturated rings. The highest BCUT2D eigenvalue weighted by molar-refractivity contribution is 5.47. The third-order valence-corrected chi connectivity index (χ3v) is 2.34. The molecule has 0 saturated heterocycles. The number of aromatic nitrogens is 1. The first-order valence-electron chi connectivity index (χ1n) is 4.69. The summed E-state index contributed by atoms with van der Waals surface area (Å²) in [7, 11) is 0. The van der Waals surface area contributed by atoms with E-state index >= 15 is 0 Å². The fourth-order valence-electron chi connectivity index (χ4n) is 1.58. The second-order valence-corrected chi connectivity index (χ2v) is 3.45. The Kier molecular flexibility index (Phi) is 2.19. The van der Waals surface area contributed by atoms with Crippen molar-refractivity contribution >= 4 is 5.82 Å². The van der Waals surface area contributed by atoms with Crippen molar-refractivity contribution in [3.8, 4) is 0 Å². The van der Waals surface area contributed by atoms with E-state index < -0.39 is 6.10 Å². The maximum atomic E-state index is 9.34. The van der Waals surface area contributed by atoms with Gasteiger partial charge in [-0.2, -0.15) is 0 Å². The molecule has 0 saturated carbocycles. The zero-order valence-electron chi connectivity index (χ0n) is 7.75. The van der Waals surface area contributed by atoms with Crippen molar-refractivity contribution in [2.75, 3.05) is 11.9 Å². The van der Waals surface area contributed by atoms with Gasteiger partial charge in [0.25, 0.3) is 0 Å². The molecule has 1 aromatic heterocycles. The van der Waals surface area contributed by atoms with Gasteiger partial charge in [0.2, 0.25) is 0 Å². The number of hydrogen-bond acceptors (Lipinski definition) is 3. The van der Waals surface area contributed by atoms with Gasteiger partial charge in [-0.1, -0.05) is 6.07 Å². The van der Waals surface area contributed by atoms with Crippen LogP contribution in [-0.4, -0.2) is 16.6 Å². The summed E-state index contributed by atoms with van der Waals surface area (Å²) in [5, 5.41) is 12.6. The fraction of sp³-hybridized carbons (Fsp3) is 0.500. The summed E-state index contributed by atoms with van der Waals surface area (Å²) in [6.45, 7) is 2.72. The Balaban J connectivity index is 2.35. The van der Waals surface area contributed by atoms with Crippen LogP contribution in [0.5, 0.6) is 0 Å². The van der Waals surface area contributed by atoms with E-state index in [2.05, 4.69) is 16.4 Å². The van der Waals surface area contributed by atoms with Gasteiger partial charge in [-0.15, -0.1) is 0 Å². The molecular formula is C10H14N2O. The van der Waals surface area contributed by atoms with E-state index in [0.717, 1.165) is 24.5 Å². The Hall–Kier alpha value is -1.09. The molecule has 0 aromatic carbocycles. The highest BCUT2D eigenvalue weighted by Gasteiger charge is 2.11. The topological polar surface area (TPSA) is 45.2 Å². The Morgan fingerprint density at radius 3 is 3.15 bits per heavy atom. The van der Waals surface area contributed by atoms with Gasteiger partial charge < -0.3 is 10.4 Å². The second-order valence-electron chi connectivity index (χ2n) is 3.45. The molecule has 2 rings (SSSR count). The number of rotatable bonds is 1. The van der Waals surface area contributed by atoms with Crippen LogP contribution in [0, 0.1) is 0 Å². The molecule has 0 aliphatic carbocycles. The third kappa shape index (κ3) is 1.65. The maximum Gasteiger partial charge on any atom is 0.129 e. The molecule has 2 N–H and O–H groups in total. The number of anilines is 1. The van der Waals surface area contributed by atoms with Crippen LogP contribution in [0.1, 0.15) is 30.7 Å². The minimum Gasteiger partial charge on any atom is -0.387 e. The predicted octanol–water partition coefficient (Wildman–Crippen LogP) is 1.49. The summed E-state index contributed by atoms with van der Waals surface area (Å²) in [6, 6.07) is 3.95. The summed E-state index contributed by atoms with van der Waals surface area (Å²) >= 11 is 0. The summed E-state index contributed by atoms with van der Waals surface area (Å²) in [5.41, 5.74) is 2.00. The first-order chi connectivity index (χ1) is 6.27. The van der Waals surface area contributed by atoms with E-state index in [1.165, 1.54) is 12.0 Å². The molecule has 13 heavy (non-hydrogen) atoms. The molecule has 1 aromatic rings. The molecule has 1 aliphatic heterocycles. The van der Waals surface area contributed by atoms with Crippen LogP contribution in [-0.2, 0) is 6.42 Å². The average molecular weight is 178 g/mol. The summed E-state index contributed by atoms with van der Waals surface area (Å²) in [4.78, 5) is 4.35. The highest BCUT2D eigenvalue weighted by Crippen LogP contribution is 2.21. The molecule has 3 heteroatoms. The monoisotopic (exact) mass is 178 g/mol. The van der Waals surface area contributed by atoms with Crippen LogP contribution in [0.4, 0.5) is 5.82 Å². The lowest BCUT2D eigenvalue weighted by Gasteiger charge is -2.17. The van der Waals surface area contributed by atoms with Gasteiger partial charge in [-0.25, -0.2) is 4.98 Å². The highest BCUT2D eigenvalue weighted by atomic mass is 16.3. The first kappa shape index (κ1) is 8.51. The molecule has 0 radical (unpaired) electrons. The van der Waals surface area contributed by atoms with Crippen LogP contribution < -0.4 is 5.32 Å². The van der Waals surface area contributed by atoms with Crippen molar-refractivity contribution in [2.24, 2.45) is 0 Å². The standard InChI is InChI=1S/C10H14N2O/c1-7(13)9-5-4-8-3-2-6-11-10(8)12-9/h4-5,7,13H,2-3,6H2,1H3,(H,11,12). The Labute approximate surface area is 77.8 Å². The molecule has 0 amide bonds. The quantitative estimate of drug-likeness (QED) is 0.685. The van der Waals surface area contributed by atoms with E-state index in [9.17, 15) is 5.11 Å². The number of nitrogens with zero attached hydrogens (tertiary/aromatic N) is 1. The van der Waals surface area contributed by atoms with Crippen LogP contribution in [0.15, 0.2) is 12.1 Å². The van der Waals surface area contributed by atoms with Crippen LogP contribution >= 0.6 is 0 Å². The summed E-state index contributed by atoms with van der Waals surface area (Å²) < 4.78 is 0. The minimum atomic E-state index is -0.478. The van der Waals surface area contributed by atoms with Crippen molar-refractivity contribution in [3.05, 3.63) is 23.4 Å². The Morgan fingerprint density at radius 2 is 2.38 bits per heavy atom. The fourth-order valence-corrected chi connectivity index (χ4v) is 1.58. The summed E-state index contributed by atoms with van der Waals surface area (Å²) in [5.74, 6) is 0.949. The molecule has 0 bridgehead atoms. The van der Waals surface area contributed by atoms with Gasteiger partial charge in [-0.05, 0) is 31.4 Å². The SMILES string of the molecule is CC(O)c1ccc2c(n1)NCCC2. The lowest BCUT2D eigenvalue weighted by Crippen LogP contribution is -2.14. The minimum absolute atomic E-state index is 0.478. The number of pyridine rings is 1. The van der Waals surface area contributed by atoms with Crippen LogP contribution in [0.25, 0.3) is 0 Å². The molecular weight excluding hydrogens is 164 g/mol. The van der Waals surface area contributed by atoms with Gasteiger partial charge in [-0.3, -0.25) is 0 Å². The van der Waals surface area contributed by atoms with E-state index in [-0.39, 0.29) is 0 Å². The van der Waals surface area contributed by atoms with E-state index in [4.69, 9.17) is 0 Å². The molecule has 1 unspecified atom stereocenters. The van der Waals surface area contributed by atoms with Crippen molar-refractivity contribution in [1.29, 1.82) is 0 Å². The molecule has 70 valence electrons. The van der Waals surface area contributed by atoms with Crippen molar-refractivity contribution in [3.63, 3.8) is 0 Å². The third-order valence-electron chi connectivity index (χ3n) is 2.34. The summed E-state index contributed by atoms with van der Waals surface area (Å²) in [6.07, 6.45) is 1.78. The average Bonchev–Trinajstić information content (AvgIpc) is 2.17. The Morgan fingerprint density at radius 1 is 1.54 bits per heavy atom. The number of nitrogens with one attached hydrogen (secondary N) is 1. The van der Waals surface area contributed by atoms with Gasteiger partial charge >= 0.3 is 0 Å². The number of fused-ring (bicyclic) bond motifs is 1. The zero-order valence-corrected chi connectivity index (χ0v) is 7.75. The maximum absolute atomic E-state index is 9.34. The van der Waals surface area contributed by atoms with E-state index in [1.54, 1.807) is 6.92 Å². The number of aliphatic hydroxyl groups excluding tert-OH is 1. The molecule has 2 heterocycles. The second kappa shape index (κ2) is 3.34. The zero-order chi connectivity index (χ0) is 9.26. The largest absolute Gasteiger partial charge is 0.387 e. The molecule has 3 nitrogen and oxygen atoms in total. The molecule has 1 atom stereocenters. The predicted molar refractivity (Wildman–Crippen MR) is 51.7 cm³/mol. The molecule has 1 aliphatic rings. The van der Waals surface area contributed by atoms with E-state index in [0.29, 0.717) is 0 Å². The molecule has 0 spiro atoms. The number of aryl methyl sites for hydroxylation is 1. The van der Waals surface area contributed by atoms with Crippen molar-refractivity contribution < 1.29 is 5.11 Å². The first-order valence-corrected chi connectivity index (χ1v) is 4.69. The van der Waals surface area contributed by atoms with E-state index in [1.807, 2.05) is 6.07 Å². The van der Waals surface area contributed by atoms with Gasteiger partial charge in [0.15, 0.2) is 0 Å².